The molecule has 0 fully saturated rings. The Morgan fingerprint density at radius 1 is 0.976 bits per heavy atom. The van der Waals surface area contributed by atoms with Crippen molar-refractivity contribution < 1.29 is 14.1 Å². The minimum Gasteiger partial charge on any atom is -0.487 e. The summed E-state index contributed by atoms with van der Waals surface area (Å²) in [6.45, 7) is 12.6. The number of hydrogen-bond acceptors (Lipinski definition) is 6. The molecule has 41 heavy (non-hydrogen) atoms. The van der Waals surface area contributed by atoms with Crippen LogP contribution in [0, 0.1) is 10.1 Å². The van der Waals surface area contributed by atoms with E-state index in [-0.39, 0.29) is 27.3 Å². The molecule has 4 aromatic rings. The Kier molecular flexibility index (Phi) is 9.42. The number of pyridine rings is 1. The Morgan fingerprint density at radius 3 is 2.41 bits per heavy atom. The molecule has 0 unspecified atom stereocenters. The summed E-state index contributed by atoms with van der Waals surface area (Å²) in [5.74, 6) is 0.606. The second-order valence-corrected chi connectivity index (χ2v) is 16.5. The molecular weight excluding hydrogens is 534 g/mol. The number of rotatable bonds is 12. The lowest BCUT2D eigenvalue weighted by Gasteiger charge is -2.39. The fraction of sp³-hybridized carbons (Fsp3) is 0.344. The van der Waals surface area contributed by atoms with Gasteiger partial charge in [-0.3, -0.25) is 14.9 Å². The molecule has 0 amide bonds. The van der Waals surface area contributed by atoms with Gasteiger partial charge in [0.05, 0.1) is 16.5 Å². The highest BCUT2D eigenvalue weighted by Crippen LogP contribution is 2.41. The smallest absolute Gasteiger partial charge is 0.269 e. The fourth-order valence-electron chi connectivity index (χ4n) is 4.42. The van der Waals surface area contributed by atoms with Crippen molar-refractivity contribution in [3.8, 4) is 5.75 Å². The quantitative estimate of drug-likeness (QED) is 0.0825. The first-order valence-corrected chi connectivity index (χ1v) is 16.8. The van der Waals surface area contributed by atoms with Crippen LogP contribution in [0.5, 0.6) is 5.75 Å². The minimum atomic E-state index is -2.18. The Balaban J connectivity index is 1.61. The van der Waals surface area contributed by atoms with Gasteiger partial charge in [-0.25, -0.2) is 0 Å². The number of non-ortho nitro benzene ring substituents is 1. The third-order valence-electron chi connectivity index (χ3n) is 7.76. The Morgan fingerprint density at radius 2 is 1.71 bits per heavy atom. The number of ether oxygens (including phenoxy) is 1. The number of fused-ring (bicyclic) bond motifs is 1. The van der Waals surface area contributed by atoms with Crippen LogP contribution in [0.4, 0.5) is 5.69 Å². The second kappa shape index (κ2) is 12.8. The summed E-state index contributed by atoms with van der Waals surface area (Å²) in [6.07, 6.45) is 0.368. The number of aromatic amines is 1. The normalized spacial score (nSPS) is 12.8. The van der Waals surface area contributed by atoms with Gasteiger partial charge in [-0.05, 0) is 59.9 Å². The van der Waals surface area contributed by atoms with Gasteiger partial charge in [-0.2, -0.15) is 0 Å². The van der Waals surface area contributed by atoms with E-state index in [0.29, 0.717) is 37.4 Å². The number of nitrogens with one attached hydrogen (secondary N) is 2. The molecule has 0 bridgehead atoms. The van der Waals surface area contributed by atoms with Crippen LogP contribution in [0.3, 0.4) is 0 Å². The topological polar surface area (TPSA) is 106 Å². The third-order valence-corrected chi connectivity index (χ3v) is 12.2. The van der Waals surface area contributed by atoms with Gasteiger partial charge < -0.3 is 19.5 Å². The van der Waals surface area contributed by atoms with Gasteiger partial charge in [-0.1, -0.05) is 69.3 Å². The number of H-pyrrole nitrogens is 1. The summed E-state index contributed by atoms with van der Waals surface area (Å²) in [5, 5.41) is 15.5. The van der Waals surface area contributed by atoms with E-state index in [2.05, 4.69) is 44.2 Å². The summed E-state index contributed by atoms with van der Waals surface area (Å²) < 4.78 is 13.1. The van der Waals surface area contributed by atoms with Crippen LogP contribution in [0.25, 0.3) is 10.9 Å². The third kappa shape index (κ3) is 7.69. The molecule has 0 aliphatic carbocycles. The fourth-order valence-corrected chi connectivity index (χ4v) is 5.70. The molecule has 3 aromatic carbocycles. The summed E-state index contributed by atoms with van der Waals surface area (Å²) in [6, 6.07) is 23.9. The van der Waals surface area contributed by atoms with Crippen molar-refractivity contribution in [3.63, 3.8) is 0 Å². The van der Waals surface area contributed by atoms with E-state index in [9.17, 15) is 14.9 Å². The number of nitro benzene ring substituents is 1. The van der Waals surface area contributed by atoms with Gasteiger partial charge in [0.1, 0.15) is 12.4 Å². The first-order chi connectivity index (χ1) is 19.4. The van der Waals surface area contributed by atoms with Crippen LogP contribution in [-0.4, -0.2) is 31.3 Å². The lowest BCUT2D eigenvalue weighted by Crippen LogP contribution is -2.43. The molecule has 2 N–H and O–H groups in total. The van der Waals surface area contributed by atoms with E-state index < -0.39 is 8.32 Å². The Hall–Kier alpha value is -3.79. The monoisotopic (exact) mass is 573 g/mol. The largest absolute Gasteiger partial charge is 0.487 e. The van der Waals surface area contributed by atoms with Crippen molar-refractivity contribution in [1.29, 1.82) is 0 Å². The zero-order chi connectivity index (χ0) is 29.6. The SMILES string of the molecule is CC(C)(C)[Si](C)(C)O[C@@H](CNCCc1cccc([N+](=O)[O-])c1)c1ccc(OCc2ccccc2)c2[nH]c(=O)ccc12. The van der Waals surface area contributed by atoms with Gasteiger partial charge >= 0.3 is 0 Å². The van der Waals surface area contributed by atoms with Crippen molar-refractivity contribution in [2.75, 3.05) is 13.1 Å². The molecule has 0 aliphatic rings. The maximum Gasteiger partial charge on any atom is 0.269 e. The predicted molar refractivity (Wildman–Crippen MR) is 166 cm³/mol. The van der Waals surface area contributed by atoms with Crippen molar-refractivity contribution in [3.05, 3.63) is 116 Å². The van der Waals surface area contributed by atoms with Gasteiger partial charge in [-0.15, -0.1) is 0 Å². The van der Waals surface area contributed by atoms with Crippen LogP contribution in [0.2, 0.25) is 18.1 Å². The highest BCUT2D eigenvalue weighted by Gasteiger charge is 2.39. The molecule has 4 rings (SSSR count). The highest BCUT2D eigenvalue weighted by atomic mass is 28.4. The Labute approximate surface area is 242 Å². The van der Waals surface area contributed by atoms with E-state index in [4.69, 9.17) is 9.16 Å². The van der Waals surface area contributed by atoms with Crippen molar-refractivity contribution in [1.82, 2.24) is 10.3 Å². The molecule has 0 aliphatic heterocycles. The summed E-state index contributed by atoms with van der Waals surface area (Å²) >= 11 is 0. The number of aromatic nitrogens is 1. The van der Waals surface area contributed by atoms with Crippen LogP contribution in [-0.2, 0) is 17.5 Å². The second-order valence-electron chi connectivity index (χ2n) is 11.8. The van der Waals surface area contributed by atoms with E-state index in [1.165, 1.54) is 12.1 Å². The molecule has 216 valence electrons. The van der Waals surface area contributed by atoms with Crippen LogP contribution in [0.1, 0.15) is 43.6 Å². The molecule has 0 saturated heterocycles. The molecule has 8 nitrogen and oxygen atoms in total. The lowest BCUT2D eigenvalue weighted by atomic mass is 10.0. The van der Waals surface area contributed by atoms with Crippen molar-refractivity contribution in [2.24, 2.45) is 0 Å². The van der Waals surface area contributed by atoms with Gasteiger partial charge in [0.15, 0.2) is 8.32 Å². The summed E-state index contributed by atoms with van der Waals surface area (Å²) in [5.41, 5.74) is 3.45. The van der Waals surface area contributed by atoms with Gasteiger partial charge in [0.25, 0.3) is 5.69 Å². The molecule has 0 spiro atoms. The standard InChI is InChI=1S/C32H39N3O5Si/c1-32(2,3)41(4,5)40-29(21-33-19-18-23-12-9-13-25(20-23)35(37)38)26-14-16-28(31-27(26)15-17-30(36)34-31)39-22-24-10-7-6-8-11-24/h6-17,20,29,33H,18-19,21-22H2,1-5H3,(H,34,36)/t29-/m0/s1. The first-order valence-electron chi connectivity index (χ1n) is 13.9. The van der Waals surface area contributed by atoms with E-state index in [1.807, 2.05) is 54.6 Å². The lowest BCUT2D eigenvalue weighted by molar-refractivity contribution is -0.384. The molecule has 0 saturated carbocycles. The molecule has 1 aromatic heterocycles. The molecular formula is C32H39N3O5Si. The molecule has 0 radical (unpaired) electrons. The maximum absolute atomic E-state index is 12.4. The highest BCUT2D eigenvalue weighted by molar-refractivity contribution is 6.74. The van der Waals surface area contributed by atoms with E-state index in [0.717, 1.165) is 22.1 Å². The van der Waals surface area contributed by atoms with Gasteiger partial charge in [0, 0.05) is 30.1 Å². The summed E-state index contributed by atoms with van der Waals surface area (Å²) in [4.78, 5) is 26.1. The molecule has 1 heterocycles. The van der Waals surface area contributed by atoms with Crippen molar-refractivity contribution in [2.45, 2.75) is 58.0 Å². The number of hydrogen-bond donors (Lipinski definition) is 2. The predicted octanol–water partition coefficient (Wildman–Crippen LogP) is 6.91. The van der Waals surface area contributed by atoms with Crippen LogP contribution in [0.15, 0.2) is 83.7 Å². The molecule has 9 heteroatoms. The average Bonchev–Trinajstić information content (AvgIpc) is 2.93. The average molecular weight is 574 g/mol. The number of nitrogens with zero attached hydrogens (tertiary/aromatic N) is 1. The van der Waals surface area contributed by atoms with Crippen LogP contribution < -0.4 is 15.6 Å². The number of nitro groups is 1. The van der Waals surface area contributed by atoms with Crippen LogP contribution >= 0.6 is 0 Å². The van der Waals surface area contributed by atoms with Gasteiger partial charge in [0.2, 0.25) is 5.56 Å². The van der Waals surface area contributed by atoms with E-state index >= 15 is 0 Å². The Bertz CT molecular complexity index is 1550. The van der Waals surface area contributed by atoms with E-state index in [1.54, 1.807) is 12.1 Å². The van der Waals surface area contributed by atoms with Crippen molar-refractivity contribution >= 4 is 24.9 Å². The minimum absolute atomic E-state index is 0.00290. The summed E-state index contributed by atoms with van der Waals surface area (Å²) in [7, 11) is -2.18. The maximum atomic E-state index is 12.4. The zero-order valence-electron chi connectivity index (χ0n) is 24.4. The number of benzene rings is 3. The zero-order valence-corrected chi connectivity index (χ0v) is 25.4. The first kappa shape index (κ1) is 30.2. The molecule has 1 atom stereocenters.